The molecule has 0 saturated carbocycles. The van der Waals surface area contributed by atoms with Crippen molar-refractivity contribution < 1.29 is 14.3 Å². The number of benzene rings is 1. The normalized spacial score (nSPS) is 23.1. The Labute approximate surface area is 112 Å². The van der Waals surface area contributed by atoms with Crippen LogP contribution in [0.1, 0.15) is 11.1 Å². The maximum Gasteiger partial charge on any atom is 0.410 e. The number of carbonyl (C=O) groups excluding carboxylic acids is 1. The molecule has 0 radical (unpaired) electrons. The Balaban J connectivity index is 1.75. The van der Waals surface area contributed by atoms with Gasteiger partial charge in [0.25, 0.3) is 0 Å². The van der Waals surface area contributed by atoms with Crippen molar-refractivity contribution in [3.63, 3.8) is 0 Å². The fourth-order valence-corrected chi connectivity index (χ4v) is 2.94. The van der Waals surface area contributed by atoms with E-state index in [4.69, 9.17) is 9.47 Å². The molecule has 1 aromatic carbocycles. The number of amides is 1. The number of fused-ring (bicyclic) bond motifs is 2. The van der Waals surface area contributed by atoms with Crippen molar-refractivity contribution in [1.82, 2.24) is 4.90 Å². The summed E-state index contributed by atoms with van der Waals surface area (Å²) in [5.74, 6) is 0.919. The molecule has 2 atom stereocenters. The van der Waals surface area contributed by atoms with Gasteiger partial charge >= 0.3 is 6.09 Å². The van der Waals surface area contributed by atoms with E-state index in [1.807, 2.05) is 17.0 Å². The topological polar surface area (TPSA) is 38.5 Å². The molecule has 4 nitrogen and oxygen atoms in total. The van der Waals surface area contributed by atoms with Gasteiger partial charge in [-0.05, 0) is 30.0 Å². The van der Waals surface area contributed by atoms with Crippen molar-refractivity contribution in [2.75, 3.05) is 13.7 Å². The van der Waals surface area contributed by atoms with Crippen molar-refractivity contribution in [3.8, 4) is 5.75 Å². The number of hydrogen-bond donors (Lipinski definition) is 0. The van der Waals surface area contributed by atoms with Crippen LogP contribution in [0.5, 0.6) is 5.75 Å². The molecule has 0 spiro atoms. The van der Waals surface area contributed by atoms with Gasteiger partial charge in [-0.3, -0.25) is 4.90 Å². The molecule has 1 amide bonds. The second kappa shape index (κ2) is 4.61. The second-order valence-corrected chi connectivity index (χ2v) is 4.91. The lowest BCUT2D eigenvalue weighted by atomic mass is 9.91. The second-order valence-electron chi connectivity index (χ2n) is 4.91. The molecule has 3 rings (SSSR count). The fourth-order valence-electron chi connectivity index (χ4n) is 2.94. The molecule has 100 valence electrons. The minimum atomic E-state index is -0.235. The molecule has 0 bridgehead atoms. The third kappa shape index (κ3) is 1.97. The number of ether oxygens (including phenoxy) is 2. The first-order chi connectivity index (χ1) is 9.26. The zero-order chi connectivity index (χ0) is 13.4. The Bertz CT molecular complexity index is 526. The minimum Gasteiger partial charge on any atom is -0.496 e. The van der Waals surface area contributed by atoms with Gasteiger partial charge in [0.2, 0.25) is 0 Å². The van der Waals surface area contributed by atoms with Crippen LogP contribution in [-0.2, 0) is 17.6 Å². The molecule has 1 fully saturated rings. The van der Waals surface area contributed by atoms with Gasteiger partial charge in [-0.15, -0.1) is 0 Å². The summed E-state index contributed by atoms with van der Waals surface area (Å²) in [6, 6.07) is 6.64. The number of nitrogens with zero attached hydrogens (tertiary/aromatic N) is 1. The SMILES string of the molecule is C=CCOC(=O)N1[C@@H]2Cc3cccc(OC)c3C[C@@H]21. The zero-order valence-electron chi connectivity index (χ0n) is 11.0. The van der Waals surface area contributed by atoms with E-state index in [0.29, 0.717) is 0 Å². The van der Waals surface area contributed by atoms with Crippen LogP contribution < -0.4 is 4.74 Å². The highest BCUT2D eigenvalue weighted by atomic mass is 16.6. The summed E-state index contributed by atoms with van der Waals surface area (Å²) >= 11 is 0. The van der Waals surface area contributed by atoms with Crippen molar-refractivity contribution >= 4 is 6.09 Å². The first kappa shape index (κ1) is 12.1. The Kier molecular flexibility index (Phi) is 2.93. The average molecular weight is 259 g/mol. The Morgan fingerprint density at radius 1 is 1.47 bits per heavy atom. The number of hydrogen-bond acceptors (Lipinski definition) is 3. The molecule has 1 aliphatic carbocycles. The van der Waals surface area contributed by atoms with E-state index in [2.05, 4.69) is 12.6 Å². The van der Waals surface area contributed by atoms with Gasteiger partial charge in [0.15, 0.2) is 0 Å². The van der Waals surface area contributed by atoms with Crippen LogP contribution in [0.25, 0.3) is 0 Å². The highest BCUT2D eigenvalue weighted by Crippen LogP contribution is 2.42. The summed E-state index contributed by atoms with van der Waals surface area (Å²) in [5, 5.41) is 0. The maximum atomic E-state index is 11.9. The van der Waals surface area contributed by atoms with Gasteiger partial charge in [0.05, 0.1) is 19.2 Å². The van der Waals surface area contributed by atoms with Crippen molar-refractivity contribution in [2.24, 2.45) is 0 Å². The molecular formula is C15H17NO3. The number of methoxy groups -OCH3 is 1. The first-order valence-electron chi connectivity index (χ1n) is 6.47. The van der Waals surface area contributed by atoms with Gasteiger partial charge in [-0.2, -0.15) is 0 Å². The van der Waals surface area contributed by atoms with Gasteiger partial charge < -0.3 is 9.47 Å². The standard InChI is InChI=1S/C15H17NO3/c1-3-7-19-15(17)16-12-8-10-5-4-6-14(18-2)11(10)9-13(12)16/h3-6,12-13H,1,7-9H2,2H3/t12-,13+,16?/m1/s1. The minimum absolute atomic E-state index is 0.235. The monoisotopic (exact) mass is 259 g/mol. The summed E-state index contributed by atoms with van der Waals surface area (Å²) in [6.45, 7) is 3.81. The third-order valence-corrected chi connectivity index (χ3v) is 3.90. The molecular weight excluding hydrogens is 242 g/mol. The zero-order valence-corrected chi connectivity index (χ0v) is 11.0. The predicted octanol–water partition coefficient (Wildman–Crippen LogP) is 2.17. The van der Waals surface area contributed by atoms with Crippen LogP contribution >= 0.6 is 0 Å². The molecule has 1 saturated heterocycles. The van der Waals surface area contributed by atoms with E-state index in [1.54, 1.807) is 13.2 Å². The Morgan fingerprint density at radius 2 is 2.26 bits per heavy atom. The van der Waals surface area contributed by atoms with Gasteiger partial charge in [-0.25, -0.2) is 4.79 Å². The van der Waals surface area contributed by atoms with E-state index < -0.39 is 0 Å². The van der Waals surface area contributed by atoms with Crippen LogP contribution in [0.3, 0.4) is 0 Å². The van der Waals surface area contributed by atoms with Crippen molar-refractivity contribution in [3.05, 3.63) is 42.0 Å². The summed E-state index contributed by atoms with van der Waals surface area (Å²) in [4.78, 5) is 13.7. The average Bonchev–Trinajstić information content (AvgIpc) is 3.14. The molecule has 19 heavy (non-hydrogen) atoms. The van der Waals surface area contributed by atoms with E-state index >= 15 is 0 Å². The van der Waals surface area contributed by atoms with Crippen molar-refractivity contribution in [2.45, 2.75) is 24.9 Å². The van der Waals surface area contributed by atoms with E-state index in [0.717, 1.165) is 18.6 Å². The quantitative estimate of drug-likeness (QED) is 0.617. The Hall–Kier alpha value is -1.97. The van der Waals surface area contributed by atoms with Crippen LogP contribution in [-0.4, -0.2) is 36.8 Å². The van der Waals surface area contributed by atoms with Crippen molar-refractivity contribution in [1.29, 1.82) is 0 Å². The summed E-state index contributed by atoms with van der Waals surface area (Å²) < 4.78 is 10.5. The smallest absolute Gasteiger partial charge is 0.410 e. The molecule has 4 heteroatoms. The maximum absolute atomic E-state index is 11.9. The third-order valence-electron chi connectivity index (χ3n) is 3.90. The lowest BCUT2D eigenvalue weighted by Gasteiger charge is -2.15. The Morgan fingerprint density at radius 3 is 3.00 bits per heavy atom. The summed E-state index contributed by atoms with van der Waals surface area (Å²) in [5.41, 5.74) is 2.50. The summed E-state index contributed by atoms with van der Waals surface area (Å²) in [6.07, 6.45) is 3.10. The molecule has 0 aromatic heterocycles. The lowest BCUT2D eigenvalue weighted by Crippen LogP contribution is -2.16. The first-order valence-corrected chi connectivity index (χ1v) is 6.47. The largest absolute Gasteiger partial charge is 0.496 e. The molecule has 1 aliphatic heterocycles. The van der Waals surface area contributed by atoms with Crippen LogP contribution in [0.2, 0.25) is 0 Å². The number of rotatable bonds is 3. The highest BCUT2D eigenvalue weighted by Gasteiger charge is 2.54. The van der Waals surface area contributed by atoms with E-state index in [1.165, 1.54) is 11.1 Å². The fraction of sp³-hybridized carbons (Fsp3) is 0.400. The molecule has 1 heterocycles. The van der Waals surface area contributed by atoms with E-state index in [9.17, 15) is 4.79 Å². The highest BCUT2D eigenvalue weighted by molar-refractivity contribution is 5.73. The van der Waals surface area contributed by atoms with Gasteiger partial charge in [0.1, 0.15) is 12.4 Å². The van der Waals surface area contributed by atoms with Crippen LogP contribution in [0, 0.1) is 0 Å². The molecule has 2 aliphatic rings. The molecule has 0 N–H and O–H groups in total. The number of carbonyl (C=O) groups is 1. The van der Waals surface area contributed by atoms with Crippen LogP contribution in [0.15, 0.2) is 30.9 Å². The molecule has 1 aromatic rings. The van der Waals surface area contributed by atoms with Crippen LogP contribution in [0.4, 0.5) is 4.79 Å². The molecule has 0 unspecified atom stereocenters. The predicted molar refractivity (Wildman–Crippen MR) is 71.4 cm³/mol. The lowest BCUT2D eigenvalue weighted by molar-refractivity contribution is 0.138. The summed E-state index contributed by atoms with van der Waals surface area (Å²) in [7, 11) is 1.69. The van der Waals surface area contributed by atoms with Gasteiger partial charge in [-0.1, -0.05) is 24.8 Å². The van der Waals surface area contributed by atoms with E-state index in [-0.39, 0.29) is 24.8 Å². The van der Waals surface area contributed by atoms with Gasteiger partial charge in [0, 0.05) is 0 Å².